The van der Waals surface area contributed by atoms with Crippen LogP contribution in [0.4, 0.5) is 8.78 Å². The number of likely N-dealkylation sites (N-methyl/N-ethyl adjacent to an activating group) is 1. The van der Waals surface area contributed by atoms with E-state index in [1.165, 1.54) is 30.1 Å². The van der Waals surface area contributed by atoms with Gasteiger partial charge >= 0.3 is 0 Å². The maximum Gasteiger partial charge on any atom is 0.242 e. The number of carbonyl (C=O) groups excluding carboxylic acids is 2. The third-order valence-corrected chi connectivity index (χ3v) is 5.12. The van der Waals surface area contributed by atoms with Crippen molar-refractivity contribution in [2.24, 2.45) is 0 Å². The number of amides is 2. The second kappa shape index (κ2) is 10.5. The Balaban J connectivity index is 1.97. The van der Waals surface area contributed by atoms with Crippen molar-refractivity contribution in [3.05, 3.63) is 107 Å². The van der Waals surface area contributed by atoms with Gasteiger partial charge in [0.2, 0.25) is 11.8 Å². The molecule has 0 aliphatic heterocycles. The van der Waals surface area contributed by atoms with Crippen molar-refractivity contribution in [2.45, 2.75) is 25.4 Å². The molecule has 0 bridgehead atoms. The summed E-state index contributed by atoms with van der Waals surface area (Å²) in [4.78, 5) is 27.4. The lowest BCUT2D eigenvalue weighted by Gasteiger charge is -2.31. The zero-order chi connectivity index (χ0) is 22.2. The molecule has 3 rings (SSSR count). The fraction of sp³-hybridized carbons (Fsp3) is 0.200. The quantitative estimate of drug-likeness (QED) is 0.599. The van der Waals surface area contributed by atoms with Crippen LogP contribution in [0, 0.1) is 11.6 Å². The molecule has 6 heteroatoms. The van der Waals surface area contributed by atoms with Crippen molar-refractivity contribution in [2.75, 3.05) is 7.05 Å². The third-order valence-electron chi connectivity index (χ3n) is 5.12. The molecule has 3 aromatic rings. The fourth-order valence-electron chi connectivity index (χ4n) is 3.44. The van der Waals surface area contributed by atoms with Crippen molar-refractivity contribution in [1.82, 2.24) is 10.2 Å². The van der Waals surface area contributed by atoms with E-state index in [1.807, 2.05) is 30.3 Å². The molecule has 0 fully saturated rings. The van der Waals surface area contributed by atoms with Gasteiger partial charge in [-0.25, -0.2) is 8.78 Å². The Morgan fingerprint density at radius 1 is 0.839 bits per heavy atom. The number of nitrogens with one attached hydrogen (secondary N) is 1. The first kappa shape index (κ1) is 22.2. The van der Waals surface area contributed by atoms with Gasteiger partial charge in [-0.2, -0.15) is 0 Å². The van der Waals surface area contributed by atoms with E-state index in [0.717, 1.165) is 5.56 Å². The minimum absolute atomic E-state index is 0.106. The Kier molecular flexibility index (Phi) is 7.49. The van der Waals surface area contributed by atoms with Crippen LogP contribution >= 0.6 is 0 Å². The van der Waals surface area contributed by atoms with E-state index >= 15 is 0 Å². The van der Waals surface area contributed by atoms with Gasteiger partial charge in [-0.3, -0.25) is 9.59 Å². The molecule has 3 aromatic carbocycles. The van der Waals surface area contributed by atoms with Crippen LogP contribution < -0.4 is 5.32 Å². The molecule has 0 saturated heterocycles. The summed E-state index contributed by atoms with van der Waals surface area (Å²) in [7, 11) is 1.49. The third kappa shape index (κ3) is 5.75. The van der Waals surface area contributed by atoms with Crippen LogP contribution in [0.1, 0.15) is 16.7 Å². The van der Waals surface area contributed by atoms with Crippen molar-refractivity contribution < 1.29 is 18.4 Å². The summed E-state index contributed by atoms with van der Waals surface area (Å²) >= 11 is 0. The molecule has 2 amide bonds. The summed E-state index contributed by atoms with van der Waals surface area (Å²) in [6.07, 6.45) is 0.0153. The summed E-state index contributed by atoms with van der Waals surface area (Å²) in [6.45, 7) is -0.106. The Hall–Kier alpha value is -3.54. The highest BCUT2D eigenvalue weighted by Crippen LogP contribution is 2.18. The minimum atomic E-state index is -0.883. The molecule has 4 nitrogen and oxygen atoms in total. The molecule has 1 atom stereocenters. The summed E-state index contributed by atoms with van der Waals surface area (Å²) in [6, 6.07) is 20.5. The zero-order valence-corrected chi connectivity index (χ0v) is 17.2. The molecule has 160 valence electrons. The number of carbonyl (C=O) groups is 2. The SMILES string of the molecule is CNC(=O)[C@H](Cc1ccccc1)N(Cc1ccccc1F)C(=O)Cc1ccccc1F. The molecule has 0 heterocycles. The molecular weight excluding hydrogens is 398 g/mol. The first-order chi connectivity index (χ1) is 15.0. The van der Waals surface area contributed by atoms with Crippen LogP contribution in [0.3, 0.4) is 0 Å². The topological polar surface area (TPSA) is 49.4 Å². The molecule has 0 aliphatic carbocycles. The van der Waals surface area contributed by atoms with E-state index in [2.05, 4.69) is 5.32 Å². The highest BCUT2D eigenvalue weighted by atomic mass is 19.1. The van der Waals surface area contributed by atoms with Gasteiger partial charge in [-0.1, -0.05) is 66.7 Å². The minimum Gasteiger partial charge on any atom is -0.357 e. The summed E-state index contributed by atoms with van der Waals surface area (Å²) < 4.78 is 28.5. The lowest BCUT2D eigenvalue weighted by Crippen LogP contribution is -2.50. The lowest BCUT2D eigenvalue weighted by molar-refractivity contribution is -0.140. The van der Waals surface area contributed by atoms with Gasteiger partial charge < -0.3 is 10.2 Å². The van der Waals surface area contributed by atoms with E-state index < -0.39 is 23.6 Å². The standard InChI is InChI=1S/C25H24F2N2O2/c1-28-25(31)23(15-18-9-3-2-4-10-18)29(17-20-12-6-8-14-22(20)27)24(30)16-19-11-5-7-13-21(19)26/h2-14,23H,15-17H2,1H3,(H,28,31)/t23-/m0/s1. The smallest absolute Gasteiger partial charge is 0.242 e. The molecule has 0 unspecified atom stereocenters. The normalized spacial score (nSPS) is 11.6. The van der Waals surface area contributed by atoms with Gasteiger partial charge in [-0.05, 0) is 23.3 Å². The summed E-state index contributed by atoms with van der Waals surface area (Å²) in [5, 5.41) is 2.60. The van der Waals surface area contributed by atoms with Crippen LogP contribution in [0.5, 0.6) is 0 Å². The zero-order valence-electron chi connectivity index (χ0n) is 17.2. The first-order valence-electron chi connectivity index (χ1n) is 10.0. The summed E-state index contributed by atoms with van der Waals surface area (Å²) in [5.41, 5.74) is 1.36. The molecule has 0 saturated carbocycles. The van der Waals surface area contributed by atoms with E-state index in [9.17, 15) is 18.4 Å². The predicted octanol–water partition coefficient (Wildman–Crippen LogP) is 3.89. The van der Waals surface area contributed by atoms with Gasteiger partial charge in [0.15, 0.2) is 0 Å². The van der Waals surface area contributed by atoms with Gasteiger partial charge in [-0.15, -0.1) is 0 Å². The Morgan fingerprint density at radius 3 is 1.97 bits per heavy atom. The van der Waals surface area contributed by atoms with Crippen LogP contribution in [0.25, 0.3) is 0 Å². The van der Waals surface area contributed by atoms with E-state index in [4.69, 9.17) is 0 Å². The average Bonchev–Trinajstić information content (AvgIpc) is 2.79. The van der Waals surface area contributed by atoms with Gasteiger partial charge in [0, 0.05) is 25.6 Å². The monoisotopic (exact) mass is 422 g/mol. The van der Waals surface area contributed by atoms with Crippen LogP contribution in [0.2, 0.25) is 0 Å². The molecule has 0 aliphatic rings. The summed E-state index contributed by atoms with van der Waals surface area (Å²) in [5.74, 6) is -1.80. The van der Waals surface area contributed by atoms with Gasteiger partial charge in [0.05, 0.1) is 6.42 Å². The Labute approximate surface area is 180 Å². The van der Waals surface area contributed by atoms with E-state index in [0.29, 0.717) is 0 Å². The Morgan fingerprint density at radius 2 is 1.39 bits per heavy atom. The van der Waals surface area contributed by atoms with Crippen LogP contribution in [-0.2, 0) is 29.0 Å². The number of nitrogens with zero attached hydrogens (tertiary/aromatic N) is 1. The molecule has 31 heavy (non-hydrogen) atoms. The predicted molar refractivity (Wildman–Crippen MR) is 115 cm³/mol. The highest BCUT2D eigenvalue weighted by Gasteiger charge is 2.30. The molecule has 1 N–H and O–H groups in total. The highest BCUT2D eigenvalue weighted by molar-refractivity contribution is 5.88. The maximum atomic E-state index is 14.4. The molecular formula is C25H24F2N2O2. The van der Waals surface area contributed by atoms with Crippen molar-refractivity contribution >= 4 is 11.8 Å². The first-order valence-corrected chi connectivity index (χ1v) is 10.0. The van der Waals surface area contributed by atoms with Crippen molar-refractivity contribution in [3.8, 4) is 0 Å². The number of rotatable bonds is 8. The van der Waals surface area contributed by atoms with Gasteiger partial charge in [0.1, 0.15) is 17.7 Å². The van der Waals surface area contributed by atoms with E-state index in [-0.39, 0.29) is 36.4 Å². The average molecular weight is 422 g/mol. The maximum absolute atomic E-state index is 14.4. The number of halogens is 2. The number of benzene rings is 3. The van der Waals surface area contributed by atoms with Crippen molar-refractivity contribution in [3.63, 3.8) is 0 Å². The largest absolute Gasteiger partial charge is 0.357 e. The molecule has 0 aromatic heterocycles. The molecule has 0 spiro atoms. The van der Waals surface area contributed by atoms with Crippen molar-refractivity contribution in [1.29, 1.82) is 0 Å². The fourth-order valence-corrected chi connectivity index (χ4v) is 3.44. The van der Waals surface area contributed by atoms with Gasteiger partial charge in [0.25, 0.3) is 0 Å². The van der Waals surface area contributed by atoms with Crippen LogP contribution in [0.15, 0.2) is 78.9 Å². The number of hydrogen-bond donors (Lipinski definition) is 1. The number of hydrogen-bond acceptors (Lipinski definition) is 2. The second-order valence-corrected chi connectivity index (χ2v) is 7.20. The van der Waals surface area contributed by atoms with E-state index in [1.54, 1.807) is 30.3 Å². The second-order valence-electron chi connectivity index (χ2n) is 7.20. The van der Waals surface area contributed by atoms with Crippen LogP contribution in [-0.4, -0.2) is 29.8 Å². The Bertz CT molecular complexity index is 1040. The lowest BCUT2D eigenvalue weighted by atomic mass is 10.0. The molecule has 0 radical (unpaired) electrons.